The summed E-state index contributed by atoms with van der Waals surface area (Å²) >= 11 is 0. The van der Waals surface area contributed by atoms with E-state index in [0.29, 0.717) is 5.56 Å². The number of methoxy groups -OCH3 is 1. The molecule has 0 spiro atoms. The van der Waals surface area contributed by atoms with Crippen molar-refractivity contribution in [2.45, 2.75) is 0 Å². The Kier molecular flexibility index (Phi) is 7.46. The molecule has 0 saturated heterocycles. The fraction of sp³-hybridized carbons (Fsp3) is 0.0303. The van der Waals surface area contributed by atoms with E-state index in [-0.39, 0.29) is 17.0 Å². The minimum Gasteiger partial charge on any atom is -0.465 e. The Morgan fingerprint density at radius 3 is 2.05 bits per heavy atom. The molecular formula is C33H24N2O5. The number of ketones is 1. The molecule has 0 fully saturated rings. The van der Waals surface area contributed by atoms with Gasteiger partial charge < -0.3 is 9.30 Å². The lowest BCUT2D eigenvalue weighted by molar-refractivity contribution is -0.384. The largest absolute Gasteiger partial charge is 0.465 e. The Morgan fingerprint density at radius 1 is 0.775 bits per heavy atom. The second-order valence-electron chi connectivity index (χ2n) is 8.94. The molecule has 5 rings (SSSR count). The molecule has 7 heteroatoms. The molecule has 0 N–H and O–H groups in total. The highest BCUT2D eigenvalue weighted by molar-refractivity contribution is 6.07. The lowest BCUT2D eigenvalue weighted by Crippen LogP contribution is -2.03. The van der Waals surface area contributed by atoms with E-state index in [1.807, 2.05) is 78.9 Å². The second kappa shape index (κ2) is 11.4. The second-order valence-corrected chi connectivity index (χ2v) is 8.94. The van der Waals surface area contributed by atoms with Crippen LogP contribution in [0.5, 0.6) is 0 Å². The number of non-ortho nitro benzene ring substituents is 1. The van der Waals surface area contributed by atoms with Gasteiger partial charge in [-0.3, -0.25) is 14.9 Å². The molecule has 5 aromatic rings. The van der Waals surface area contributed by atoms with E-state index in [1.165, 1.54) is 31.4 Å². The number of ether oxygens (including phenoxy) is 1. The molecule has 4 aromatic carbocycles. The molecule has 0 radical (unpaired) electrons. The zero-order valence-corrected chi connectivity index (χ0v) is 21.6. The standard InChI is InChI=1S/C33H24N2O5/c1-40-33(37)25-15-18-28(19-16-25)34-30(23-9-4-2-5-10-23)22-27(32(34)24-11-6-3-7-12-24)17-20-31(36)26-13-8-14-29(21-26)35(38)39/h2-22H,1H3/b20-17+. The van der Waals surface area contributed by atoms with Crippen LogP contribution in [0.1, 0.15) is 26.3 Å². The van der Waals surface area contributed by atoms with Crippen molar-refractivity contribution in [2.24, 2.45) is 0 Å². The molecule has 0 bridgehead atoms. The molecule has 0 aliphatic rings. The first-order chi connectivity index (χ1) is 19.5. The van der Waals surface area contributed by atoms with E-state index >= 15 is 0 Å². The number of esters is 1. The molecule has 0 unspecified atom stereocenters. The molecule has 7 nitrogen and oxygen atoms in total. The molecule has 196 valence electrons. The Morgan fingerprint density at radius 2 is 1.43 bits per heavy atom. The summed E-state index contributed by atoms with van der Waals surface area (Å²) in [5.74, 6) is -0.770. The van der Waals surface area contributed by atoms with Gasteiger partial charge in [0.2, 0.25) is 0 Å². The Bertz CT molecular complexity index is 1720. The average Bonchev–Trinajstić information content (AvgIpc) is 3.40. The van der Waals surface area contributed by atoms with Crippen molar-refractivity contribution in [2.75, 3.05) is 7.11 Å². The normalized spacial score (nSPS) is 10.9. The van der Waals surface area contributed by atoms with Crippen LogP contribution in [0.3, 0.4) is 0 Å². The van der Waals surface area contributed by atoms with Gasteiger partial charge in [0.1, 0.15) is 0 Å². The molecular weight excluding hydrogens is 504 g/mol. The van der Waals surface area contributed by atoms with E-state index in [0.717, 1.165) is 33.8 Å². The van der Waals surface area contributed by atoms with Crippen LogP contribution in [-0.4, -0.2) is 28.4 Å². The summed E-state index contributed by atoms with van der Waals surface area (Å²) in [4.78, 5) is 35.8. The van der Waals surface area contributed by atoms with Gasteiger partial charge >= 0.3 is 5.97 Å². The first-order valence-corrected chi connectivity index (χ1v) is 12.5. The van der Waals surface area contributed by atoms with E-state index in [9.17, 15) is 19.7 Å². The fourth-order valence-corrected chi connectivity index (χ4v) is 4.54. The van der Waals surface area contributed by atoms with E-state index in [4.69, 9.17) is 4.74 Å². The number of nitro groups is 1. The quantitative estimate of drug-likeness (QED) is 0.0688. The van der Waals surface area contributed by atoms with Crippen molar-refractivity contribution in [1.82, 2.24) is 4.57 Å². The highest BCUT2D eigenvalue weighted by Crippen LogP contribution is 2.37. The number of carbonyl (C=O) groups is 2. The van der Waals surface area contributed by atoms with Crippen molar-refractivity contribution in [3.8, 4) is 28.2 Å². The van der Waals surface area contributed by atoms with E-state index in [2.05, 4.69) is 4.57 Å². The smallest absolute Gasteiger partial charge is 0.337 e. The number of hydrogen-bond donors (Lipinski definition) is 0. The summed E-state index contributed by atoms with van der Waals surface area (Å²) in [7, 11) is 1.34. The minimum atomic E-state index is -0.522. The van der Waals surface area contributed by atoms with Gasteiger partial charge in [0.15, 0.2) is 5.78 Å². The third kappa shape index (κ3) is 5.35. The number of carbonyl (C=O) groups excluding carboxylic acids is 2. The summed E-state index contributed by atoms with van der Waals surface area (Å²) < 4.78 is 6.95. The third-order valence-electron chi connectivity index (χ3n) is 6.45. The van der Waals surface area contributed by atoms with Crippen LogP contribution in [0.15, 0.2) is 121 Å². The van der Waals surface area contributed by atoms with Gasteiger partial charge in [-0.25, -0.2) is 4.79 Å². The van der Waals surface area contributed by atoms with E-state index < -0.39 is 10.9 Å². The monoisotopic (exact) mass is 528 g/mol. The van der Waals surface area contributed by atoms with Gasteiger partial charge in [0, 0.05) is 28.9 Å². The number of aromatic nitrogens is 1. The molecule has 40 heavy (non-hydrogen) atoms. The lowest BCUT2D eigenvalue weighted by Gasteiger charge is -2.15. The van der Waals surface area contributed by atoms with E-state index in [1.54, 1.807) is 24.3 Å². The zero-order valence-electron chi connectivity index (χ0n) is 21.6. The maximum Gasteiger partial charge on any atom is 0.337 e. The zero-order chi connectivity index (χ0) is 28.1. The predicted molar refractivity (Wildman–Crippen MR) is 154 cm³/mol. The third-order valence-corrected chi connectivity index (χ3v) is 6.45. The Labute approximate surface area is 230 Å². The van der Waals surface area contributed by atoms with Crippen LogP contribution in [0, 0.1) is 10.1 Å². The van der Waals surface area contributed by atoms with Crippen LogP contribution in [0.25, 0.3) is 34.3 Å². The summed E-state index contributed by atoms with van der Waals surface area (Å²) in [6, 6.07) is 34.5. The van der Waals surface area contributed by atoms with Crippen molar-refractivity contribution in [3.63, 3.8) is 0 Å². The van der Waals surface area contributed by atoms with Gasteiger partial charge in [0.05, 0.1) is 29.0 Å². The fourth-order valence-electron chi connectivity index (χ4n) is 4.54. The maximum absolute atomic E-state index is 13.0. The molecule has 1 aromatic heterocycles. The molecule has 0 aliphatic heterocycles. The highest BCUT2D eigenvalue weighted by Gasteiger charge is 2.19. The van der Waals surface area contributed by atoms with Crippen LogP contribution in [0.2, 0.25) is 0 Å². The number of hydrogen-bond acceptors (Lipinski definition) is 5. The number of nitro benzene ring substituents is 1. The van der Waals surface area contributed by atoms with Crippen molar-refractivity contribution in [3.05, 3.63) is 148 Å². The summed E-state index contributed by atoms with van der Waals surface area (Å²) in [5, 5.41) is 11.2. The molecule has 0 saturated carbocycles. The molecule has 0 atom stereocenters. The van der Waals surface area contributed by atoms with Gasteiger partial charge in [-0.1, -0.05) is 72.8 Å². The number of nitrogens with zero attached hydrogens (tertiary/aromatic N) is 2. The SMILES string of the molecule is COC(=O)c1ccc(-n2c(-c3ccccc3)cc(/C=C/C(=O)c3cccc([N+](=O)[O-])c3)c2-c2ccccc2)cc1. The summed E-state index contributed by atoms with van der Waals surface area (Å²) in [6.45, 7) is 0. The van der Waals surface area contributed by atoms with Crippen LogP contribution >= 0.6 is 0 Å². The molecule has 0 amide bonds. The molecule has 0 aliphatic carbocycles. The van der Waals surface area contributed by atoms with Gasteiger partial charge in [0.25, 0.3) is 5.69 Å². The van der Waals surface area contributed by atoms with Crippen LogP contribution in [0.4, 0.5) is 5.69 Å². The highest BCUT2D eigenvalue weighted by atomic mass is 16.6. The first kappa shape index (κ1) is 26.1. The van der Waals surface area contributed by atoms with Crippen LogP contribution < -0.4 is 0 Å². The predicted octanol–water partition coefficient (Wildman–Crippen LogP) is 7.40. The van der Waals surface area contributed by atoms with Crippen molar-refractivity contribution in [1.29, 1.82) is 0 Å². The van der Waals surface area contributed by atoms with Crippen molar-refractivity contribution < 1.29 is 19.2 Å². The average molecular weight is 529 g/mol. The maximum atomic E-state index is 13.0. The summed E-state index contributed by atoms with van der Waals surface area (Å²) in [5.41, 5.74) is 5.72. The minimum absolute atomic E-state index is 0.142. The lowest BCUT2D eigenvalue weighted by atomic mass is 10.0. The summed E-state index contributed by atoms with van der Waals surface area (Å²) in [6.07, 6.45) is 3.16. The Balaban J connectivity index is 1.69. The number of benzene rings is 4. The van der Waals surface area contributed by atoms with Gasteiger partial charge in [-0.2, -0.15) is 0 Å². The number of allylic oxidation sites excluding steroid dienone is 1. The molecule has 1 heterocycles. The Hall–Kier alpha value is -5.56. The number of rotatable bonds is 8. The van der Waals surface area contributed by atoms with Gasteiger partial charge in [-0.15, -0.1) is 0 Å². The van der Waals surface area contributed by atoms with Crippen LogP contribution in [-0.2, 0) is 4.74 Å². The first-order valence-electron chi connectivity index (χ1n) is 12.5. The topological polar surface area (TPSA) is 91.4 Å². The van der Waals surface area contributed by atoms with Crippen molar-refractivity contribution >= 4 is 23.5 Å². The van der Waals surface area contributed by atoms with Gasteiger partial charge in [-0.05, 0) is 53.6 Å².